The van der Waals surface area contributed by atoms with Crippen molar-refractivity contribution in [2.24, 2.45) is 5.41 Å². The smallest absolute Gasteiger partial charge is 0.346 e. The van der Waals surface area contributed by atoms with Crippen molar-refractivity contribution in [2.45, 2.75) is 34.1 Å². The van der Waals surface area contributed by atoms with Gasteiger partial charge in [-0.3, -0.25) is 4.79 Å². The number of carbonyl (C=O) groups excluding carboxylic acids is 2. The number of rotatable bonds is 4. The Labute approximate surface area is 114 Å². The first-order valence-electron chi connectivity index (χ1n) is 6.30. The van der Waals surface area contributed by atoms with Crippen LogP contribution in [0.2, 0.25) is 0 Å². The zero-order valence-corrected chi connectivity index (χ0v) is 11.9. The summed E-state index contributed by atoms with van der Waals surface area (Å²) in [5.74, 6) is -0.339. The number of ketones is 1. The maximum Gasteiger partial charge on any atom is 0.346 e. The highest BCUT2D eigenvalue weighted by Crippen LogP contribution is 2.22. The maximum atomic E-state index is 12.1. The summed E-state index contributed by atoms with van der Waals surface area (Å²) >= 11 is 0. The first kappa shape index (κ1) is 15.2. The molecule has 1 aromatic carbocycles. The summed E-state index contributed by atoms with van der Waals surface area (Å²) in [5.41, 5.74) is -0.0444. The first-order valence-corrected chi connectivity index (χ1v) is 6.30. The van der Waals surface area contributed by atoms with E-state index in [2.05, 4.69) is 0 Å². The number of para-hydroxylation sites is 1. The molecular formula is C16H20O3. The average Bonchev–Trinajstić information content (AvgIpc) is 2.28. The van der Waals surface area contributed by atoms with Gasteiger partial charge in [0.25, 0.3) is 0 Å². The van der Waals surface area contributed by atoms with Crippen LogP contribution >= 0.6 is 0 Å². The molecule has 0 saturated heterocycles. The standard InChI is InChI=1S/C16H20O3/c1-5-13(14(17)11-16(2,3)4)15(18)19-12-9-7-6-8-10-12/h5-10H,11H2,1-4H3/b13-5-. The van der Waals surface area contributed by atoms with Gasteiger partial charge in [-0.15, -0.1) is 0 Å². The van der Waals surface area contributed by atoms with Crippen LogP contribution in [0.5, 0.6) is 5.75 Å². The van der Waals surface area contributed by atoms with Gasteiger partial charge in [-0.25, -0.2) is 4.79 Å². The van der Waals surface area contributed by atoms with Crippen LogP contribution in [0.25, 0.3) is 0 Å². The van der Waals surface area contributed by atoms with Crippen LogP contribution in [0, 0.1) is 5.41 Å². The van der Waals surface area contributed by atoms with E-state index in [9.17, 15) is 9.59 Å². The summed E-state index contributed by atoms with van der Waals surface area (Å²) in [7, 11) is 0. The molecule has 1 aromatic rings. The van der Waals surface area contributed by atoms with Gasteiger partial charge in [-0.2, -0.15) is 0 Å². The summed E-state index contributed by atoms with van der Waals surface area (Å²) in [4.78, 5) is 24.0. The van der Waals surface area contributed by atoms with Crippen molar-refractivity contribution in [1.82, 2.24) is 0 Å². The molecule has 0 fully saturated rings. The molecule has 102 valence electrons. The number of hydrogen-bond acceptors (Lipinski definition) is 3. The normalized spacial score (nSPS) is 12.1. The van der Waals surface area contributed by atoms with Crippen molar-refractivity contribution >= 4 is 11.8 Å². The van der Waals surface area contributed by atoms with E-state index < -0.39 is 5.97 Å². The maximum absolute atomic E-state index is 12.1. The Morgan fingerprint density at radius 3 is 2.21 bits per heavy atom. The van der Waals surface area contributed by atoms with Crippen molar-refractivity contribution in [1.29, 1.82) is 0 Å². The summed E-state index contributed by atoms with van der Waals surface area (Å²) in [6.07, 6.45) is 1.83. The number of Topliss-reactive ketones (excluding diaryl/α,β-unsaturated/α-hetero) is 1. The Kier molecular flexibility index (Phi) is 5.04. The molecule has 0 amide bonds. The number of benzene rings is 1. The largest absolute Gasteiger partial charge is 0.423 e. The van der Waals surface area contributed by atoms with Crippen molar-refractivity contribution in [3.63, 3.8) is 0 Å². The van der Waals surface area contributed by atoms with E-state index in [0.29, 0.717) is 12.2 Å². The van der Waals surface area contributed by atoms with Gasteiger partial charge in [0.15, 0.2) is 5.78 Å². The molecule has 0 atom stereocenters. The minimum absolute atomic E-state index is 0.110. The lowest BCUT2D eigenvalue weighted by Crippen LogP contribution is -2.22. The summed E-state index contributed by atoms with van der Waals surface area (Å²) in [5, 5.41) is 0. The van der Waals surface area contributed by atoms with Gasteiger partial charge in [-0.05, 0) is 24.5 Å². The minimum Gasteiger partial charge on any atom is -0.423 e. The zero-order chi connectivity index (χ0) is 14.5. The second kappa shape index (κ2) is 6.32. The lowest BCUT2D eigenvalue weighted by Gasteiger charge is -2.17. The SMILES string of the molecule is C/C=C(/C(=O)CC(C)(C)C)C(=O)Oc1ccccc1. The number of ether oxygens (including phenoxy) is 1. The van der Waals surface area contributed by atoms with Gasteiger partial charge in [0.2, 0.25) is 0 Å². The molecule has 0 aliphatic carbocycles. The van der Waals surface area contributed by atoms with E-state index >= 15 is 0 Å². The molecule has 1 rings (SSSR count). The lowest BCUT2D eigenvalue weighted by atomic mass is 9.87. The zero-order valence-electron chi connectivity index (χ0n) is 11.9. The molecule has 0 bridgehead atoms. The molecule has 3 heteroatoms. The molecule has 0 aliphatic rings. The first-order chi connectivity index (χ1) is 8.83. The van der Waals surface area contributed by atoms with Gasteiger partial charge in [0.1, 0.15) is 5.75 Å². The third kappa shape index (κ3) is 5.08. The molecule has 19 heavy (non-hydrogen) atoms. The molecule has 0 spiro atoms. The third-order valence-electron chi connectivity index (χ3n) is 2.45. The Balaban J connectivity index is 2.76. The summed E-state index contributed by atoms with van der Waals surface area (Å²) in [6.45, 7) is 7.55. The van der Waals surface area contributed by atoms with Crippen molar-refractivity contribution in [3.05, 3.63) is 42.0 Å². The van der Waals surface area contributed by atoms with Crippen LogP contribution in [-0.2, 0) is 9.59 Å². The second-order valence-electron chi connectivity index (χ2n) is 5.57. The summed E-state index contributed by atoms with van der Waals surface area (Å²) < 4.78 is 5.17. The predicted octanol–water partition coefficient (Wildman–Crippen LogP) is 3.54. The fourth-order valence-electron chi connectivity index (χ4n) is 1.62. The van der Waals surface area contributed by atoms with Crippen LogP contribution < -0.4 is 4.74 Å². The molecule has 0 unspecified atom stereocenters. The van der Waals surface area contributed by atoms with Crippen molar-refractivity contribution in [3.8, 4) is 5.75 Å². The van der Waals surface area contributed by atoms with Crippen LogP contribution in [0.3, 0.4) is 0 Å². The van der Waals surface area contributed by atoms with E-state index in [1.165, 1.54) is 6.08 Å². The van der Waals surface area contributed by atoms with Crippen molar-refractivity contribution in [2.75, 3.05) is 0 Å². The number of hydrogen-bond donors (Lipinski definition) is 0. The van der Waals surface area contributed by atoms with E-state index in [4.69, 9.17) is 4.74 Å². The minimum atomic E-state index is -0.594. The fraction of sp³-hybridized carbons (Fsp3) is 0.375. The number of allylic oxidation sites excluding steroid dienone is 1. The van der Waals surface area contributed by atoms with Crippen LogP contribution in [0.1, 0.15) is 34.1 Å². The Morgan fingerprint density at radius 2 is 1.74 bits per heavy atom. The second-order valence-corrected chi connectivity index (χ2v) is 5.57. The molecule has 0 heterocycles. The topological polar surface area (TPSA) is 43.4 Å². The number of carbonyl (C=O) groups is 2. The van der Waals surface area contributed by atoms with E-state index in [-0.39, 0.29) is 16.8 Å². The highest BCUT2D eigenvalue weighted by atomic mass is 16.5. The molecule has 0 N–H and O–H groups in total. The monoisotopic (exact) mass is 260 g/mol. The Morgan fingerprint density at radius 1 is 1.16 bits per heavy atom. The Bertz CT molecular complexity index is 478. The van der Waals surface area contributed by atoms with E-state index in [1.54, 1.807) is 31.2 Å². The Hall–Kier alpha value is -1.90. The summed E-state index contributed by atoms with van der Waals surface area (Å²) in [6, 6.07) is 8.74. The third-order valence-corrected chi connectivity index (χ3v) is 2.45. The molecular weight excluding hydrogens is 240 g/mol. The number of esters is 1. The quantitative estimate of drug-likeness (QED) is 0.273. The van der Waals surface area contributed by atoms with Gasteiger partial charge >= 0.3 is 5.97 Å². The van der Waals surface area contributed by atoms with Crippen LogP contribution in [0.15, 0.2) is 42.0 Å². The lowest BCUT2D eigenvalue weighted by molar-refractivity contribution is -0.132. The van der Waals surface area contributed by atoms with E-state index in [1.807, 2.05) is 26.8 Å². The van der Waals surface area contributed by atoms with Crippen LogP contribution in [-0.4, -0.2) is 11.8 Å². The fourth-order valence-corrected chi connectivity index (χ4v) is 1.62. The highest BCUT2D eigenvalue weighted by Gasteiger charge is 2.24. The molecule has 0 radical (unpaired) electrons. The average molecular weight is 260 g/mol. The molecule has 0 aliphatic heterocycles. The predicted molar refractivity (Wildman–Crippen MR) is 74.9 cm³/mol. The molecule has 0 aromatic heterocycles. The van der Waals surface area contributed by atoms with Gasteiger partial charge in [0, 0.05) is 6.42 Å². The van der Waals surface area contributed by atoms with Gasteiger partial charge in [-0.1, -0.05) is 45.0 Å². The van der Waals surface area contributed by atoms with Crippen molar-refractivity contribution < 1.29 is 14.3 Å². The molecule has 0 saturated carbocycles. The highest BCUT2D eigenvalue weighted by molar-refractivity contribution is 6.17. The van der Waals surface area contributed by atoms with Crippen LogP contribution in [0.4, 0.5) is 0 Å². The van der Waals surface area contributed by atoms with Gasteiger partial charge < -0.3 is 4.74 Å². The van der Waals surface area contributed by atoms with Gasteiger partial charge in [0.05, 0.1) is 5.57 Å². The molecule has 3 nitrogen and oxygen atoms in total. The van der Waals surface area contributed by atoms with E-state index in [0.717, 1.165) is 0 Å².